The van der Waals surface area contributed by atoms with Gasteiger partial charge in [-0.3, -0.25) is 0 Å². The van der Waals surface area contributed by atoms with E-state index in [4.69, 9.17) is 0 Å². The Morgan fingerprint density at radius 2 is 2.00 bits per heavy atom. The first-order valence-electron chi connectivity index (χ1n) is 7.18. The van der Waals surface area contributed by atoms with Crippen molar-refractivity contribution in [1.82, 2.24) is 4.90 Å². The maximum atomic E-state index is 9.33. The number of anilines is 1. The van der Waals surface area contributed by atoms with Crippen LogP contribution in [0.25, 0.3) is 0 Å². The van der Waals surface area contributed by atoms with E-state index in [9.17, 15) is 5.11 Å². The van der Waals surface area contributed by atoms with E-state index in [2.05, 4.69) is 55.8 Å². The molecule has 1 heterocycles. The molecule has 0 radical (unpaired) electrons. The maximum absolute atomic E-state index is 9.33. The molecule has 106 valence electrons. The monoisotopic (exact) mass is 262 g/mol. The van der Waals surface area contributed by atoms with Crippen molar-refractivity contribution in [3.63, 3.8) is 0 Å². The van der Waals surface area contributed by atoms with E-state index in [1.54, 1.807) is 0 Å². The predicted molar refractivity (Wildman–Crippen MR) is 80.8 cm³/mol. The lowest BCUT2D eigenvalue weighted by Crippen LogP contribution is -2.57. The second kappa shape index (κ2) is 5.93. The molecule has 0 amide bonds. The van der Waals surface area contributed by atoms with E-state index in [1.807, 2.05) is 0 Å². The summed E-state index contributed by atoms with van der Waals surface area (Å²) in [5.41, 5.74) is 4.03. The van der Waals surface area contributed by atoms with Gasteiger partial charge in [-0.1, -0.05) is 12.1 Å². The molecule has 1 saturated heterocycles. The quantitative estimate of drug-likeness (QED) is 0.904. The van der Waals surface area contributed by atoms with Crippen molar-refractivity contribution in [2.24, 2.45) is 0 Å². The Balaban J connectivity index is 2.35. The van der Waals surface area contributed by atoms with Gasteiger partial charge < -0.3 is 14.9 Å². The summed E-state index contributed by atoms with van der Waals surface area (Å²) in [4.78, 5) is 4.88. The molecule has 0 bridgehead atoms. The van der Waals surface area contributed by atoms with Crippen molar-refractivity contribution in [2.75, 3.05) is 31.6 Å². The van der Waals surface area contributed by atoms with Gasteiger partial charge in [0.15, 0.2) is 0 Å². The molecule has 0 aliphatic carbocycles. The third kappa shape index (κ3) is 2.93. The van der Waals surface area contributed by atoms with E-state index >= 15 is 0 Å². The summed E-state index contributed by atoms with van der Waals surface area (Å²) in [6.07, 6.45) is 0.835. The van der Waals surface area contributed by atoms with Gasteiger partial charge in [-0.25, -0.2) is 0 Å². The number of rotatable bonds is 3. The van der Waals surface area contributed by atoms with E-state index in [1.165, 1.54) is 16.8 Å². The summed E-state index contributed by atoms with van der Waals surface area (Å²) < 4.78 is 0. The van der Waals surface area contributed by atoms with Crippen molar-refractivity contribution in [3.05, 3.63) is 29.3 Å². The van der Waals surface area contributed by atoms with Crippen molar-refractivity contribution >= 4 is 5.69 Å². The standard InChI is InChI=1S/C16H26N2O/c1-12-6-5-7-16(14(12)3)18-13(2)10-17(4)11-15(18)8-9-19/h5-7,13,15,19H,8-11H2,1-4H3. The Bertz CT molecular complexity index is 433. The molecule has 1 aromatic carbocycles. The molecule has 2 rings (SSSR count). The van der Waals surface area contributed by atoms with Crippen LogP contribution in [0.1, 0.15) is 24.5 Å². The van der Waals surface area contributed by atoms with E-state index in [0.29, 0.717) is 12.1 Å². The molecule has 2 atom stereocenters. The highest BCUT2D eigenvalue weighted by molar-refractivity contribution is 5.57. The number of hydrogen-bond donors (Lipinski definition) is 1. The zero-order valence-electron chi connectivity index (χ0n) is 12.6. The summed E-state index contributed by atoms with van der Waals surface area (Å²) in [6.45, 7) is 9.01. The summed E-state index contributed by atoms with van der Waals surface area (Å²) in [6, 6.07) is 7.41. The molecule has 3 nitrogen and oxygen atoms in total. The van der Waals surface area contributed by atoms with Gasteiger partial charge in [0, 0.05) is 37.5 Å². The average molecular weight is 262 g/mol. The predicted octanol–water partition coefficient (Wildman–Crippen LogP) is 2.19. The molecule has 2 unspecified atom stereocenters. The molecule has 1 aliphatic rings. The molecular weight excluding hydrogens is 236 g/mol. The third-order valence-corrected chi connectivity index (χ3v) is 4.28. The Labute approximate surface area is 116 Å². The van der Waals surface area contributed by atoms with Gasteiger partial charge >= 0.3 is 0 Å². The van der Waals surface area contributed by atoms with Gasteiger partial charge in [-0.15, -0.1) is 0 Å². The van der Waals surface area contributed by atoms with Gasteiger partial charge in [-0.05, 0) is 51.4 Å². The lowest BCUT2D eigenvalue weighted by Gasteiger charge is -2.46. The SMILES string of the molecule is Cc1cccc(N2C(C)CN(C)CC2CCO)c1C. The van der Waals surface area contributed by atoms with Gasteiger partial charge in [0.25, 0.3) is 0 Å². The molecule has 0 saturated carbocycles. The van der Waals surface area contributed by atoms with Crippen LogP contribution in [-0.4, -0.2) is 48.8 Å². The fourth-order valence-electron chi connectivity index (χ4n) is 3.25. The highest BCUT2D eigenvalue weighted by Crippen LogP contribution is 2.30. The zero-order chi connectivity index (χ0) is 14.0. The van der Waals surface area contributed by atoms with Crippen LogP contribution in [0.5, 0.6) is 0 Å². The summed E-state index contributed by atoms with van der Waals surface area (Å²) in [5, 5.41) is 9.33. The largest absolute Gasteiger partial charge is 0.396 e. The topological polar surface area (TPSA) is 26.7 Å². The molecular formula is C16H26N2O. The van der Waals surface area contributed by atoms with Crippen LogP contribution in [0, 0.1) is 13.8 Å². The minimum atomic E-state index is 0.257. The fourth-order valence-corrected chi connectivity index (χ4v) is 3.25. The first-order valence-corrected chi connectivity index (χ1v) is 7.18. The molecule has 1 aliphatic heterocycles. The molecule has 19 heavy (non-hydrogen) atoms. The van der Waals surface area contributed by atoms with Crippen LogP contribution in [0.2, 0.25) is 0 Å². The Morgan fingerprint density at radius 3 is 2.68 bits per heavy atom. The van der Waals surface area contributed by atoms with E-state index in [0.717, 1.165) is 19.5 Å². The first-order chi connectivity index (χ1) is 9.04. The lowest BCUT2D eigenvalue weighted by atomic mass is 9.99. The van der Waals surface area contributed by atoms with Crippen molar-refractivity contribution < 1.29 is 5.11 Å². The number of aliphatic hydroxyl groups is 1. The Hall–Kier alpha value is -1.06. The van der Waals surface area contributed by atoms with Crippen LogP contribution in [0.15, 0.2) is 18.2 Å². The highest BCUT2D eigenvalue weighted by atomic mass is 16.3. The average Bonchev–Trinajstić information content (AvgIpc) is 2.34. The van der Waals surface area contributed by atoms with Crippen molar-refractivity contribution in [2.45, 2.75) is 39.3 Å². The number of aliphatic hydroxyl groups excluding tert-OH is 1. The van der Waals surface area contributed by atoms with Crippen molar-refractivity contribution in [3.8, 4) is 0 Å². The second-order valence-corrected chi connectivity index (χ2v) is 5.86. The minimum Gasteiger partial charge on any atom is -0.396 e. The third-order valence-electron chi connectivity index (χ3n) is 4.28. The number of piperazine rings is 1. The summed E-state index contributed by atoms with van der Waals surface area (Å²) >= 11 is 0. The number of hydrogen-bond acceptors (Lipinski definition) is 3. The molecule has 1 fully saturated rings. The normalized spacial score (nSPS) is 24.8. The molecule has 3 heteroatoms. The number of benzene rings is 1. The number of aryl methyl sites for hydroxylation is 1. The molecule has 0 spiro atoms. The summed E-state index contributed by atoms with van der Waals surface area (Å²) in [5.74, 6) is 0. The van der Waals surface area contributed by atoms with Gasteiger partial charge in [-0.2, -0.15) is 0 Å². The first kappa shape index (κ1) is 14.4. The van der Waals surface area contributed by atoms with Gasteiger partial charge in [0.2, 0.25) is 0 Å². The highest BCUT2D eigenvalue weighted by Gasteiger charge is 2.31. The van der Waals surface area contributed by atoms with Gasteiger partial charge in [0.05, 0.1) is 0 Å². The number of likely N-dealkylation sites (N-methyl/N-ethyl adjacent to an activating group) is 1. The van der Waals surface area contributed by atoms with Crippen LogP contribution < -0.4 is 4.90 Å². The maximum Gasteiger partial charge on any atom is 0.0451 e. The molecule has 0 aromatic heterocycles. The Morgan fingerprint density at radius 1 is 1.26 bits per heavy atom. The molecule has 1 aromatic rings. The van der Waals surface area contributed by atoms with Crippen LogP contribution in [-0.2, 0) is 0 Å². The minimum absolute atomic E-state index is 0.257. The zero-order valence-corrected chi connectivity index (χ0v) is 12.6. The van der Waals surface area contributed by atoms with Crippen LogP contribution >= 0.6 is 0 Å². The van der Waals surface area contributed by atoms with Crippen molar-refractivity contribution in [1.29, 1.82) is 0 Å². The lowest BCUT2D eigenvalue weighted by molar-refractivity contribution is 0.198. The smallest absolute Gasteiger partial charge is 0.0451 e. The number of nitrogens with zero attached hydrogens (tertiary/aromatic N) is 2. The van der Waals surface area contributed by atoms with Crippen LogP contribution in [0.4, 0.5) is 5.69 Å². The van der Waals surface area contributed by atoms with Gasteiger partial charge in [0.1, 0.15) is 0 Å². The fraction of sp³-hybridized carbons (Fsp3) is 0.625. The van der Waals surface area contributed by atoms with E-state index in [-0.39, 0.29) is 6.61 Å². The van der Waals surface area contributed by atoms with E-state index < -0.39 is 0 Å². The Kier molecular flexibility index (Phi) is 4.48. The second-order valence-electron chi connectivity index (χ2n) is 5.86. The summed E-state index contributed by atoms with van der Waals surface area (Å²) in [7, 11) is 2.17. The molecule has 1 N–H and O–H groups in total. The van der Waals surface area contributed by atoms with Crippen LogP contribution in [0.3, 0.4) is 0 Å².